The summed E-state index contributed by atoms with van der Waals surface area (Å²) in [6, 6.07) is 18.2. The molecule has 0 saturated carbocycles. The van der Waals surface area contributed by atoms with Crippen molar-refractivity contribution in [3.63, 3.8) is 0 Å². The lowest BCUT2D eigenvalue weighted by Gasteiger charge is -2.43. The molecule has 3 heterocycles. The van der Waals surface area contributed by atoms with Crippen LogP contribution in [0.4, 0.5) is 10.5 Å². The van der Waals surface area contributed by atoms with Gasteiger partial charge in [-0.3, -0.25) is 10.2 Å². The average molecular weight is 373 g/mol. The molecule has 3 fully saturated rings. The Labute approximate surface area is 160 Å². The normalized spacial score (nSPS) is 23.8. The molecule has 138 valence electrons. The van der Waals surface area contributed by atoms with Gasteiger partial charge in [0.2, 0.25) is 0 Å². The maximum atomic E-state index is 12.4. The lowest BCUT2D eigenvalue weighted by molar-refractivity contribution is -0.0289. The lowest BCUT2D eigenvalue weighted by Crippen LogP contribution is -2.52. The second kappa shape index (κ2) is 8.56. The van der Waals surface area contributed by atoms with Crippen molar-refractivity contribution in [2.45, 2.75) is 25.4 Å². The van der Waals surface area contributed by atoms with E-state index in [1.807, 2.05) is 36.4 Å². The predicted octanol–water partition coefficient (Wildman–Crippen LogP) is 4.34. The summed E-state index contributed by atoms with van der Waals surface area (Å²) in [5, 5.41) is 2.96. The van der Waals surface area contributed by atoms with E-state index in [2.05, 4.69) is 28.4 Å². The number of carbonyl (C=O) groups excluding carboxylic acids is 1. The molecule has 1 amide bonds. The lowest BCUT2D eigenvalue weighted by atomic mass is 9.86. The molecule has 2 aromatic rings. The first-order valence-corrected chi connectivity index (χ1v) is 9.10. The largest absolute Gasteiger partial charge is 0.444 e. The first-order chi connectivity index (χ1) is 12.3. The second-order valence-corrected chi connectivity index (χ2v) is 7.03. The highest BCUT2D eigenvalue weighted by Crippen LogP contribution is 2.30. The second-order valence-electron chi connectivity index (χ2n) is 7.03. The Kier molecular flexibility index (Phi) is 6.17. The van der Waals surface area contributed by atoms with Crippen molar-refractivity contribution in [3.05, 3.63) is 65.7 Å². The minimum Gasteiger partial charge on any atom is -0.444 e. The minimum absolute atomic E-state index is 0. The van der Waals surface area contributed by atoms with Crippen LogP contribution in [0.25, 0.3) is 0 Å². The molecular formula is C21H25ClN2O2. The summed E-state index contributed by atoms with van der Waals surface area (Å²) in [6.45, 7) is 3.17. The van der Waals surface area contributed by atoms with Crippen LogP contribution in [-0.4, -0.2) is 36.7 Å². The fourth-order valence-corrected chi connectivity index (χ4v) is 3.93. The van der Waals surface area contributed by atoms with E-state index < -0.39 is 0 Å². The molecule has 3 saturated heterocycles. The van der Waals surface area contributed by atoms with Crippen molar-refractivity contribution in [2.24, 2.45) is 5.92 Å². The van der Waals surface area contributed by atoms with Crippen LogP contribution in [-0.2, 0) is 11.2 Å². The zero-order valence-electron chi connectivity index (χ0n) is 14.8. The summed E-state index contributed by atoms with van der Waals surface area (Å²) in [4.78, 5) is 14.8. The third-order valence-corrected chi connectivity index (χ3v) is 5.35. The molecule has 4 nitrogen and oxygen atoms in total. The Bertz CT molecular complexity index is 730. The monoisotopic (exact) mass is 372 g/mol. The number of benzene rings is 2. The van der Waals surface area contributed by atoms with Gasteiger partial charge in [-0.15, -0.1) is 12.4 Å². The first kappa shape index (κ1) is 18.7. The number of para-hydroxylation sites is 1. The molecule has 0 radical (unpaired) electrons. The first-order valence-electron chi connectivity index (χ1n) is 9.10. The summed E-state index contributed by atoms with van der Waals surface area (Å²) < 4.78 is 5.74. The highest BCUT2D eigenvalue weighted by molar-refractivity contribution is 5.86. The van der Waals surface area contributed by atoms with Crippen molar-refractivity contribution >= 4 is 24.2 Å². The van der Waals surface area contributed by atoms with Gasteiger partial charge < -0.3 is 4.74 Å². The van der Waals surface area contributed by atoms with E-state index in [0.717, 1.165) is 50.1 Å². The molecule has 2 bridgehead atoms. The molecule has 0 spiro atoms. The summed E-state index contributed by atoms with van der Waals surface area (Å²) in [7, 11) is 0. The molecule has 3 aliphatic heterocycles. The molecule has 2 aromatic carbocycles. The highest BCUT2D eigenvalue weighted by Gasteiger charge is 2.36. The van der Waals surface area contributed by atoms with Gasteiger partial charge >= 0.3 is 6.09 Å². The van der Waals surface area contributed by atoms with Gasteiger partial charge in [-0.25, -0.2) is 4.79 Å². The number of piperidine rings is 3. The third kappa shape index (κ3) is 4.37. The van der Waals surface area contributed by atoms with Crippen molar-refractivity contribution in [1.29, 1.82) is 0 Å². The van der Waals surface area contributed by atoms with Gasteiger partial charge in [-0.2, -0.15) is 0 Å². The summed E-state index contributed by atoms with van der Waals surface area (Å²) >= 11 is 0. The van der Waals surface area contributed by atoms with E-state index in [4.69, 9.17) is 4.74 Å². The van der Waals surface area contributed by atoms with Crippen LogP contribution in [0, 0.1) is 5.92 Å². The number of hydrogen-bond acceptors (Lipinski definition) is 3. The fourth-order valence-electron chi connectivity index (χ4n) is 3.93. The topological polar surface area (TPSA) is 41.6 Å². The van der Waals surface area contributed by atoms with Crippen LogP contribution in [0.15, 0.2) is 54.6 Å². The quantitative estimate of drug-likeness (QED) is 0.867. The molecule has 26 heavy (non-hydrogen) atoms. The van der Waals surface area contributed by atoms with E-state index >= 15 is 0 Å². The van der Waals surface area contributed by atoms with Crippen LogP contribution in [0.1, 0.15) is 24.0 Å². The number of nitrogens with zero attached hydrogens (tertiary/aromatic N) is 1. The van der Waals surface area contributed by atoms with Gasteiger partial charge in [-0.05, 0) is 55.5 Å². The molecule has 3 aliphatic rings. The van der Waals surface area contributed by atoms with Crippen molar-refractivity contribution < 1.29 is 9.53 Å². The maximum absolute atomic E-state index is 12.4. The van der Waals surface area contributed by atoms with Gasteiger partial charge in [-0.1, -0.05) is 48.5 Å². The number of anilines is 1. The van der Waals surface area contributed by atoms with Crippen LogP contribution in [0.3, 0.4) is 0 Å². The SMILES string of the molecule is Cl.O=C(Nc1ccccc1Cc1ccccc1)OC1CN2CCC1CC2. The van der Waals surface area contributed by atoms with Gasteiger partial charge in [0.05, 0.1) is 0 Å². The van der Waals surface area contributed by atoms with Crippen LogP contribution in [0.5, 0.6) is 0 Å². The Hall–Kier alpha value is -2.04. The van der Waals surface area contributed by atoms with Crippen molar-refractivity contribution in [2.75, 3.05) is 25.0 Å². The van der Waals surface area contributed by atoms with E-state index in [-0.39, 0.29) is 24.6 Å². The standard InChI is InChI=1S/C21H24N2O2.ClH/c24-21(25-20-15-23-12-10-17(20)11-13-23)22-19-9-5-4-8-18(19)14-16-6-2-1-3-7-16;/h1-9,17,20H,10-15H2,(H,22,24);1H. The number of rotatable bonds is 4. The molecule has 1 atom stereocenters. The third-order valence-electron chi connectivity index (χ3n) is 5.35. The molecule has 1 N–H and O–H groups in total. The van der Waals surface area contributed by atoms with E-state index in [1.165, 1.54) is 5.56 Å². The van der Waals surface area contributed by atoms with Gasteiger partial charge in [0.15, 0.2) is 0 Å². The number of carbonyl (C=O) groups is 1. The zero-order valence-corrected chi connectivity index (χ0v) is 15.6. The number of fused-ring (bicyclic) bond motifs is 3. The van der Waals surface area contributed by atoms with E-state index in [0.29, 0.717) is 5.92 Å². The Morgan fingerprint density at radius 3 is 2.42 bits per heavy atom. The zero-order chi connectivity index (χ0) is 17.1. The van der Waals surface area contributed by atoms with Crippen LogP contribution < -0.4 is 5.32 Å². The highest BCUT2D eigenvalue weighted by atomic mass is 35.5. The van der Waals surface area contributed by atoms with Gasteiger partial charge in [0, 0.05) is 12.2 Å². The molecule has 5 rings (SSSR count). The molecular weight excluding hydrogens is 348 g/mol. The number of ether oxygens (including phenoxy) is 1. The number of amides is 1. The van der Waals surface area contributed by atoms with Crippen LogP contribution in [0.2, 0.25) is 0 Å². The van der Waals surface area contributed by atoms with Crippen LogP contribution >= 0.6 is 12.4 Å². The van der Waals surface area contributed by atoms with E-state index in [9.17, 15) is 4.79 Å². The Morgan fingerprint density at radius 1 is 1.04 bits per heavy atom. The molecule has 0 aromatic heterocycles. The maximum Gasteiger partial charge on any atom is 0.411 e. The van der Waals surface area contributed by atoms with Crippen molar-refractivity contribution in [1.82, 2.24) is 4.90 Å². The average Bonchev–Trinajstić information content (AvgIpc) is 2.65. The van der Waals surface area contributed by atoms with Gasteiger partial charge in [0.25, 0.3) is 0 Å². The predicted molar refractivity (Wildman–Crippen MR) is 106 cm³/mol. The summed E-state index contributed by atoms with van der Waals surface area (Å²) in [6.07, 6.45) is 2.77. The number of hydrogen-bond donors (Lipinski definition) is 1. The smallest absolute Gasteiger partial charge is 0.411 e. The molecule has 0 aliphatic carbocycles. The van der Waals surface area contributed by atoms with E-state index in [1.54, 1.807) is 0 Å². The van der Waals surface area contributed by atoms with Gasteiger partial charge in [0.1, 0.15) is 6.10 Å². The molecule has 1 unspecified atom stereocenters. The Morgan fingerprint density at radius 2 is 1.73 bits per heavy atom. The fraction of sp³-hybridized carbons (Fsp3) is 0.381. The summed E-state index contributed by atoms with van der Waals surface area (Å²) in [5.74, 6) is 0.523. The number of halogens is 1. The Balaban J connectivity index is 0.00000196. The number of nitrogens with one attached hydrogen (secondary N) is 1. The summed E-state index contributed by atoms with van der Waals surface area (Å²) in [5.41, 5.74) is 3.15. The van der Waals surface area contributed by atoms with Crippen molar-refractivity contribution in [3.8, 4) is 0 Å². The molecule has 5 heteroatoms. The minimum atomic E-state index is -0.334.